The minimum absolute atomic E-state index is 0.367. The summed E-state index contributed by atoms with van der Waals surface area (Å²) in [6.45, 7) is 5.80. The summed E-state index contributed by atoms with van der Waals surface area (Å²) in [7, 11) is 0. The molecule has 116 valence electrons. The van der Waals surface area contributed by atoms with Crippen LogP contribution in [0.4, 0.5) is 14.5 Å². The highest BCUT2D eigenvalue weighted by Crippen LogP contribution is 2.20. The summed E-state index contributed by atoms with van der Waals surface area (Å²) in [6.07, 6.45) is 0. The topological polar surface area (TPSA) is 24.1 Å². The van der Waals surface area contributed by atoms with Crippen LogP contribution in [0.5, 0.6) is 0 Å². The third-order valence-corrected chi connectivity index (χ3v) is 3.85. The molecule has 0 aromatic heterocycles. The van der Waals surface area contributed by atoms with Gasteiger partial charge in [0, 0.05) is 17.3 Å². The van der Waals surface area contributed by atoms with Crippen molar-refractivity contribution in [1.82, 2.24) is 5.32 Å². The van der Waals surface area contributed by atoms with Gasteiger partial charge in [0.2, 0.25) is 0 Å². The highest BCUT2D eigenvalue weighted by Gasteiger charge is 2.13. The predicted molar refractivity (Wildman–Crippen MR) is 90.0 cm³/mol. The van der Waals surface area contributed by atoms with Gasteiger partial charge in [0.1, 0.15) is 11.6 Å². The van der Waals surface area contributed by atoms with Gasteiger partial charge < -0.3 is 10.6 Å². The first-order chi connectivity index (χ1) is 10.4. The Kier molecular flexibility index (Phi) is 5.08. The quantitative estimate of drug-likeness (QED) is 0.806. The lowest BCUT2D eigenvalue weighted by Gasteiger charge is -2.19. The Morgan fingerprint density at radius 1 is 1.14 bits per heavy atom. The van der Waals surface area contributed by atoms with Gasteiger partial charge in [-0.3, -0.25) is 0 Å². The molecular weight excluding hydrogens is 302 g/mol. The van der Waals surface area contributed by atoms with E-state index in [2.05, 4.69) is 10.6 Å². The van der Waals surface area contributed by atoms with Crippen molar-refractivity contribution < 1.29 is 8.78 Å². The summed E-state index contributed by atoms with van der Waals surface area (Å²) in [4.78, 5) is 0. The Morgan fingerprint density at radius 2 is 1.86 bits per heavy atom. The van der Waals surface area contributed by atoms with Crippen LogP contribution in [0, 0.1) is 25.5 Å². The Hall–Kier alpha value is -2.01. The predicted octanol–water partition coefficient (Wildman–Crippen LogP) is 4.63. The van der Waals surface area contributed by atoms with Gasteiger partial charge in [-0.15, -0.1) is 0 Å². The number of benzene rings is 2. The first-order valence-electron chi connectivity index (χ1n) is 6.97. The van der Waals surface area contributed by atoms with Crippen LogP contribution >= 0.6 is 12.2 Å². The molecular formula is C17H18F2N2S. The van der Waals surface area contributed by atoms with E-state index >= 15 is 0 Å². The molecule has 0 amide bonds. The summed E-state index contributed by atoms with van der Waals surface area (Å²) in [5, 5.41) is 6.51. The molecule has 0 heterocycles. The summed E-state index contributed by atoms with van der Waals surface area (Å²) >= 11 is 5.27. The zero-order chi connectivity index (χ0) is 16.3. The third kappa shape index (κ3) is 3.80. The molecule has 0 aliphatic heterocycles. The van der Waals surface area contributed by atoms with Gasteiger partial charge in [-0.05, 0) is 56.2 Å². The summed E-state index contributed by atoms with van der Waals surface area (Å²) < 4.78 is 26.7. The normalized spacial score (nSPS) is 11.9. The van der Waals surface area contributed by atoms with Crippen LogP contribution in [0.1, 0.15) is 29.7 Å². The van der Waals surface area contributed by atoms with E-state index in [1.54, 1.807) is 6.92 Å². The maximum Gasteiger partial charge on any atom is 0.171 e. The second-order valence-electron chi connectivity index (χ2n) is 5.23. The number of hydrogen-bond donors (Lipinski definition) is 2. The molecule has 0 saturated carbocycles. The zero-order valence-electron chi connectivity index (χ0n) is 12.7. The Morgan fingerprint density at radius 3 is 2.55 bits per heavy atom. The standard InChI is InChI=1S/C17H18F2N2S/c1-10-5-4-6-16(11(10)2)21-17(22)20-12(3)14-8-7-13(18)9-15(14)19/h4-9,12H,1-3H3,(H2,20,21,22)/t12-/m0/s1. The lowest BCUT2D eigenvalue weighted by molar-refractivity contribution is 0.554. The minimum Gasteiger partial charge on any atom is -0.356 e. The van der Waals surface area contributed by atoms with Crippen LogP contribution in [0.25, 0.3) is 0 Å². The Bertz CT molecular complexity index is 701. The van der Waals surface area contributed by atoms with Crippen LogP contribution in [-0.2, 0) is 0 Å². The fourth-order valence-corrected chi connectivity index (χ4v) is 2.46. The van der Waals surface area contributed by atoms with Crippen LogP contribution in [0.15, 0.2) is 36.4 Å². The monoisotopic (exact) mass is 320 g/mol. The summed E-state index contributed by atoms with van der Waals surface area (Å²) in [6, 6.07) is 9.05. The highest BCUT2D eigenvalue weighted by atomic mass is 32.1. The van der Waals surface area contributed by atoms with E-state index in [4.69, 9.17) is 12.2 Å². The van der Waals surface area contributed by atoms with Crippen molar-refractivity contribution in [2.45, 2.75) is 26.8 Å². The molecule has 0 spiro atoms. The molecule has 5 heteroatoms. The van der Waals surface area contributed by atoms with E-state index in [-0.39, 0.29) is 6.04 Å². The van der Waals surface area contributed by atoms with E-state index in [9.17, 15) is 8.78 Å². The van der Waals surface area contributed by atoms with E-state index in [0.29, 0.717) is 10.7 Å². The van der Waals surface area contributed by atoms with E-state index in [0.717, 1.165) is 22.9 Å². The molecule has 0 aliphatic carbocycles. The first-order valence-corrected chi connectivity index (χ1v) is 7.38. The molecule has 0 bridgehead atoms. The van der Waals surface area contributed by atoms with Gasteiger partial charge in [-0.1, -0.05) is 18.2 Å². The lowest BCUT2D eigenvalue weighted by atomic mass is 10.1. The number of thiocarbonyl (C=S) groups is 1. The van der Waals surface area contributed by atoms with Gasteiger partial charge in [0.25, 0.3) is 0 Å². The molecule has 2 aromatic rings. The van der Waals surface area contributed by atoms with Crippen molar-refractivity contribution in [2.75, 3.05) is 5.32 Å². The average Bonchev–Trinajstić information content (AvgIpc) is 2.43. The summed E-state index contributed by atoms with van der Waals surface area (Å²) in [5.41, 5.74) is 3.54. The van der Waals surface area contributed by atoms with Crippen molar-refractivity contribution in [3.8, 4) is 0 Å². The maximum absolute atomic E-state index is 13.8. The number of aryl methyl sites for hydroxylation is 1. The summed E-state index contributed by atoms with van der Waals surface area (Å²) in [5.74, 6) is -1.18. The van der Waals surface area contributed by atoms with Gasteiger partial charge in [0.05, 0.1) is 6.04 Å². The zero-order valence-corrected chi connectivity index (χ0v) is 13.5. The number of anilines is 1. The van der Waals surface area contributed by atoms with E-state index in [1.165, 1.54) is 12.1 Å². The van der Waals surface area contributed by atoms with Gasteiger partial charge in [-0.2, -0.15) is 0 Å². The molecule has 0 saturated heterocycles. The minimum atomic E-state index is -0.593. The molecule has 2 N–H and O–H groups in total. The van der Waals surface area contributed by atoms with Crippen molar-refractivity contribution in [2.24, 2.45) is 0 Å². The first kappa shape index (κ1) is 16.4. The van der Waals surface area contributed by atoms with Crippen LogP contribution in [-0.4, -0.2) is 5.11 Å². The third-order valence-electron chi connectivity index (χ3n) is 3.63. The number of nitrogens with one attached hydrogen (secondary N) is 2. The van der Waals surface area contributed by atoms with Crippen LogP contribution in [0.3, 0.4) is 0 Å². The van der Waals surface area contributed by atoms with Crippen molar-refractivity contribution >= 4 is 23.0 Å². The Labute approximate surface area is 134 Å². The van der Waals surface area contributed by atoms with Crippen molar-refractivity contribution in [3.63, 3.8) is 0 Å². The number of hydrogen-bond acceptors (Lipinski definition) is 1. The fourth-order valence-electron chi connectivity index (χ4n) is 2.17. The molecule has 2 aromatic carbocycles. The smallest absolute Gasteiger partial charge is 0.171 e. The van der Waals surface area contributed by atoms with Crippen molar-refractivity contribution in [1.29, 1.82) is 0 Å². The molecule has 2 nitrogen and oxygen atoms in total. The SMILES string of the molecule is Cc1cccc(NC(=S)N[C@@H](C)c2ccc(F)cc2F)c1C. The molecule has 0 fully saturated rings. The molecule has 0 unspecified atom stereocenters. The van der Waals surface area contributed by atoms with Gasteiger partial charge >= 0.3 is 0 Å². The molecule has 22 heavy (non-hydrogen) atoms. The fraction of sp³-hybridized carbons (Fsp3) is 0.235. The number of halogens is 2. The van der Waals surface area contributed by atoms with E-state index in [1.807, 2.05) is 32.0 Å². The number of rotatable bonds is 3. The average molecular weight is 320 g/mol. The second kappa shape index (κ2) is 6.83. The van der Waals surface area contributed by atoms with E-state index < -0.39 is 11.6 Å². The maximum atomic E-state index is 13.8. The largest absolute Gasteiger partial charge is 0.356 e. The van der Waals surface area contributed by atoms with Crippen LogP contribution < -0.4 is 10.6 Å². The molecule has 2 rings (SSSR count). The van der Waals surface area contributed by atoms with Crippen LogP contribution in [0.2, 0.25) is 0 Å². The Balaban J connectivity index is 2.07. The highest BCUT2D eigenvalue weighted by molar-refractivity contribution is 7.80. The lowest BCUT2D eigenvalue weighted by Crippen LogP contribution is -2.31. The van der Waals surface area contributed by atoms with Gasteiger partial charge in [0.15, 0.2) is 5.11 Å². The molecule has 1 atom stereocenters. The molecule has 0 aliphatic rings. The molecule has 0 radical (unpaired) electrons. The van der Waals surface area contributed by atoms with Crippen molar-refractivity contribution in [3.05, 3.63) is 64.7 Å². The second-order valence-corrected chi connectivity index (χ2v) is 5.64. The van der Waals surface area contributed by atoms with Gasteiger partial charge in [-0.25, -0.2) is 8.78 Å².